The van der Waals surface area contributed by atoms with Crippen molar-refractivity contribution in [2.45, 2.75) is 65.3 Å². The van der Waals surface area contributed by atoms with Gasteiger partial charge in [-0.2, -0.15) is 0 Å². The van der Waals surface area contributed by atoms with E-state index in [1.54, 1.807) is 0 Å². The number of hydrogen-bond acceptors (Lipinski definition) is 5. The van der Waals surface area contributed by atoms with Crippen molar-refractivity contribution in [1.29, 1.82) is 0 Å². The summed E-state index contributed by atoms with van der Waals surface area (Å²) in [5.74, 6) is -0.669. The molecule has 1 saturated heterocycles. The summed E-state index contributed by atoms with van der Waals surface area (Å²) in [6, 6.07) is -0.825. The van der Waals surface area contributed by atoms with Gasteiger partial charge in [0.25, 0.3) is 0 Å². The van der Waals surface area contributed by atoms with Crippen molar-refractivity contribution in [3.8, 4) is 0 Å². The van der Waals surface area contributed by atoms with E-state index in [-0.39, 0.29) is 17.2 Å². The third-order valence-electron chi connectivity index (χ3n) is 4.89. The van der Waals surface area contributed by atoms with Crippen molar-refractivity contribution in [3.05, 3.63) is 0 Å². The van der Waals surface area contributed by atoms with Gasteiger partial charge in [0, 0.05) is 25.3 Å². The van der Waals surface area contributed by atoms with Crippen LogP contribution in [-0.2, 0) is 14.4 Å². The van der Waals surface area contributed by atoms with E-state index in [0.717, 1.165) is 44.4 Å². The number of hydrazone groups is 1. The molecule has 0 spiro atoms. The predicted octanol–water partition coefficient (Wildman–Crippen LogP) is 2.12. The third-order valence-corrected chi connectivity index (χ3v) is 5.93. The van der Waals surface area contributed by atoms with Crippen LogP contribution < -0.4 is 10.7 Å². The Hall–Kier alpha value is -1.57. The molecule has 2 rings (SSSR count). The lowest BCUT2D eigenvalue weighted by atomic mass is 9.85. The van der Waals surface area contributed by atoms with Crippen molar-refractivity contribution < 1.29 is 14.4 Å². The number of rotatable bonds is 6. The Morgan fingerprint density at radius 1 is 1.22 bits per heavy atom. The third kappa shape index (κ3) is 6.83. The molecule has 1 atom stereocenters. The van der Waals surface area contributed by atoms with Gasteiger partial charge in [0.1, 0.15) is 0 Å². The molecule has 2 amide bonds. The number of amidine groups is 1. The van der Waals surface area contributed by atoms with Gasteiger partial charge >= 0.3 is 5.91 Å². The maximum atomic E-state index is 12.7. The maximum absolute atomic E-state index is 12.7. The fraction of sp³-hybridized carbons (Fsp3) is 0.789. The molecule has 8 heteroatoms. The minimum Gasteiger partial charge on any atom is -0.352 e. The van der Waals surface area contributed by atoms with Crippen molar-refractivity contribution in [3.63, 3.8) is 0 Å². The first kappa shape index (κ1) is 21.7. The summed E-state index contributed by atoms with van der Waals surface area (Å²) in [5, 5.41) is 7.58. The molecule has 27 heavy (non-hydrogen) atoms. The highest BCUT2D eigenvalue weighted by Crippen LogP contribution is 2.25. The lowest BCUT2D eigenvalue weighted by molar-refractivity contribution is -0.141. The van der Waals surface area contributed by atoms with E-state index in [9.17, 15) is 14.4 Å². The molecule has 7 nitrogen and oxygen atoms in total. The Morgan fingerprint density at radius 3 is 2.44 bits per heavy atom. The quantitative estimate of drug-likeness (QED) is 0.530. The summed E-state index contributed by atoms with van der Waals surface area (Å²) in [7, 11) is 1.89. The fourth-order valence-electron chi connectivity index (χ4n) is 3.39. The van der Waals surface area contributed by atoms with Gasteiger partial charge in [-0.1, -0.05) is 51.8 Å². The van der Waals surface area contributed by atoms with Gasteiger partial charge in [0.2, 0.25) is 11.7 Å². The van der Waals surface area contributed by atoms with Crippen LogP contribution in [0.5, 0.6) is 0 Å². The molecule has 0 radical (unpaired) electrons. The van der Waals surface area contributed by atoms with E-state index in [4.69, 9.17) is 0 Å². The standard InChI is InChI=1S/C19H32N4O3S/c1-19(2,3)12-14(20-16(25)13-8-6-5-7-9-13)15(24)17(26)21-22-18-23(4)10-11-27-18/h13-14H,5-12H2,1-4H3,(H,20,25)(H,21,26)/b22-18-. The molecular formula is C19H32N4O3S. The molecule has 0 aromatic heterocycles. The zero-order chi connectivity index (χ0) is 20.0. The fourth-order valence-corrected chi connectivity index (χ4v) is 4.35. The monoisotopic (exact) mass is 396 g/mol. The van der Waals surface area contributed by atoms with Crippen LogP contribution in [-0.4, -0.2) is 53.1 Å². The molecule has 2 N–H and O–H groups in total. The van der Waals surface area contributed by atoms with Crippen LogP contribution in [0.3, 0.4) is 0 Å². The Kier molecular flexibility index (Phi) is 7.70. The number of hydrogen-bond donors (Lipinski definition) is 2. The largest absolute Gasteiger partial charge is 0.352 e. The summed E-state index contributed by atoms with van der Waals surface area (Å²) >= 11 is 1.53. The van der Waals surface area contributed by atoms with Crippen LogP contribution in [0.1, 0.15) is 59.3 Å². The topological polar surface area (TPSA) is 90.9 Å². The molecule has 1 aliphatic carbocycles. The first-order chi connectivity index (χ1) is 12.7. The lowest BCUT2D eigenvalue weighted by Gasteiger charge is -2.28. The summed E-state index contributed by atoms with van der Waals surface area (Å²) in [5.41, 5.74) is 2.16. The first-order valence-corrected chi connectivity index (χ1v) is 10.7. The van der Waals surface area contributed by atoms with E-state index < -0.39 is 17.7 Å². The zero-order valence-corrected chi connectivity index (χ0v) is 17.7. The highest BCUT2D eigenvalue weighted by atomic mass is 32.2. The molecule has 0 aromatic carbocycles. The molecule has 1 heterocycles. The molecule has 2 aliphatic rings. The van der Waals surface area contributed by atoms with E-state index in [1.807, 2.05) is 32.7 Å². The van der Waals surface area contributed by atoms with E-state index in [0.29, 0.717) is 11.6 Å². The normalized spacial score (nSPS) is 21.2. The minimum absolute atomic E-state index is 0.0548. The van der Waals surface area contributed by atoms with Gasteiger partial charge in [-0.3, -0.25) is 14.4 Å². The maximum Gasteiger partial charge on any atom is 0.309 e. The number of ketones is 1. The molecule has 152 valence electrons. The summed E-state index contributed by atoms with van der Waals surface area (Å²) in [4.78, 5) is 39.6. The van der Waals surface area contributed by atoms with Crippen LogP contribution in [0.4, 0.5) is 0 Å². The molecular weight excluding hydrogens is 364 g/mol. The number of carbonyl (C=O) groups is 3. The number of carbonyl (C=O) groups excluding carboxylic acids is 3. The Bertz CT molecular complexity index is 594. The van der Waals surface area contributed by atoms with Crippen molar-refractivity contribution >= 4 is 34.5 Å². The highest BCUT2D eigenvalue weighted by Gasteiger charge is 2.33. The average Bonchev–Trinajstić information content (AvgIpc) is 3.03. The van der Waals surface area contributed by atoms with Gasteiger partial charge in [0.05, 0.1) is 6.04 Å². The minimum atomic E-state index is -0.825. The Balaban J connectivity index is 2.01. The summed E-state index contributed by atoms with van der Waals surface area (Å²) in [6.45, 7) is 6.82. The lowest BCUT2D eigenvalue weighted by Crippen LogP contribution is -2.50. The van der Waals surface area contributed by atoms with E-state index in [2.05, 4.69) is 15.8 Å². The van der Waals surface area contributed by atoms with Gasteiger partial charge in [-0.15, -0.1) is 5.10 Å². The first-order valence-electron chi connectivity index (χ1n) is 9.73. The van der Waals surface area contributed by atoms with Crippen molar-refractivity contribution in [2.75, 3.05) is 19.3 Å². The second-order valence-electron chi connectivity index (χ2n) is 8.63. The summed E-state index contributed by atoms with van der Waals surface area (Å²) < 4.78 is 0. The highest BCUT2D eigenvalue weighted by molar-refractivity contribution is 8.14. The van der Waals surface area contributed by atoms with Crippen LogP contribution in [0.25, 0.3) is 0 Å². The molecule has 1 saturated carbocycles. The molecule has 1 unspecified atom stereocenters. The molecule has 0 aromatic rings. The smallest absolute Gasteiger partial charge is 0.309 e. The van der Waals surface area contributed by atoms with Gasteiger partial charge in [-0.25, -0.2) is 5.43 Å². The van der Waals surface area contributed by atoms with E-state index in [1.165, 1.54) is 11.8 Å². The van der Waals surface area contributed by atoms with Crippen LogP contribution in [0.15, 0.2) is 5.10 Å². The van der Waals surface area contributed by atoms with Crippen LogP contribution in [0, 0.1) is 11.3 Å². The van der Waals surface area contributed by atoms with E-state index >= 15 is 0 Å². The number of amides is 2. The number of Topliss-reactive ketones (excluding diaryl/α,β-unsaturated/α-hetero) is 1. The zero-order valence-electron chi connectivity index (χ0n) is 16.8. The van der Waals surface area contributed by atoms with Crippen molar-refractivity contribution in [1.82, 2.24) is 15.6 Å². The number of nitrogens with one attached hydrogen (secondary N) is 2. The Morgan fingerprint density at radius 2 is 1.89 bits per heavy atom. The number of thioether (sulfide) groups is 1. The van der Waals surface area contributed by atoms with Gasteiger partial charge in [0.15, 0.2) is 5.17 Å². The average molecular weight is 397 g/mol. The van der Waals surface area contributed by atoms with Crippen LogP contribution in [0.2, 0.25) is 0 Å². The van der Waals surface area contributed by atoms with Gasteiger partial charge < -0.3 is 10.2 Å². The SMILES string of the molecule is CN1CCS/C1=N\NC(=O)C(=O)C(CC(C)(C)C)NC(=O)C1CCCCC1. The second kappa shape index (κ2) is 9.57. The second-order valence-corrected chi connectivity index (χ2v) is 9.69. The number of nitrogens with zero attached hydrogens (tertiary/aromatic N) is 2. The Labute approximate surface area is 166 Å². The van der Waals surface area contributed by atoms with Crippen molar-refractivity contribution in [2.24, 2.45) is 16.4 Å². The van der Waals surface area contributed by atoms with Crippen LogP contribution >= 0.6 is 11.8 Å². The predicted molar refractivity (Wildman–Crippen MR) is 108 cm³/mol. The molecule has 2 fully saturated rings. The van der Waals surface area contributed by atoms with Gasteiger partial charge in [-0.05, 0) is 24.7 Å². The molecule has 1 aliphatic heterocycles. The summed E-state index contributed by atoms with van der Waals surface area (Å²) in [6.07, 6.45) is 5.35. The molecule has 0 bridgehead atoms.